The first-order valence-electron chi connectivity index (χ1n) is 5.80. The van der Waals surface area contributed by atoms with Gasteiger partial charge in [0.2, 0.25) is 11.7 Å². The molecule has 0 spiro atoms. The van der Waals surface area contributed by atoms with Crippen LogP contribution >= 0.6 is 0 Å². The molecule has 0 aliphatic heterocycles. The Morgan fingerprint density at radius 1 is 1.33 bits per heavy atom. The number of hydrogen-bond donors (Lipinski definition) is 2. The van der Waals surface area contributed by atoms with Crippen LogP contribution in [-0.2, 0) is 17.5 Å². The Kier molecular flexibility index (Phi) is 3.58. The lowest BCUT2D eigenvalue weighted by Gasteiger charge is -2.10. The van der Waals surface area contributed by atoms with Crippen molar-refractivity contribution in [2.24, 2.45) is 5.73 Å². The third-order valence-electron chi connectivity index (χ3n) is 2.84. The summed E-state index contributed by atoms with van der Waals surface area (Å²) in [5.41, 5.74) is 4.32. The molecule has 2 rings (SSSR count). The van der Waals surface area contributed by atoms with Crippen molar-refractivity contribution in [3.63, 3.8) is 0 Å². The summed E-state index contributed by atoms with van der Waals surface area (Å²) in [4.78, 5) is 25.2. The Balaban J connectivity index is 2.70. The molecular weight excluding hydrogens is 291 g/mol. The van der Waals surface area contributed by atoms with Crippen LogP contribution in [0, 0.1) is 0 Å². The summed E-state index contributed by atoms with van der Waals surface area (Å²) >= 11 is 0. The van der Waals surface area contributed by atoms with Crippen LogP contribution in [0.4, 0.5) is 13.2 Å². The summed E-state index contributed by atoms with van der Waals surface area (Å²) in [7, 11) is 0. The van der Waals surface area contributed by atoms with Gasteiger partial charge in [-0.2, -0.15) is 13.2 Å². The summed E-state index contributed by atoms with van der Waals surface area (Å²) in [6.07, 6.45) is -5.09. The maximum Gasteiger partial charge on any atom is 0.449 e. The van der Waals surface area contributed by atoms with Crippen LogP contribution in [0.1, 0.15) is 22.6 Å². The van der Waals surface area contributed by atoms with Crippen molar-refractivity contribution in [1.29, 1.82) is 0 Å². The number of carbonyl (C=O) groups is 2. The Morgan fingerprint density at radius 2 is 2.00 bits per heavy atom. The highest BCUT2D eigenvalue weighted by Crippen LogP contribution is 2.32. The van der Waals surface area contributed by atoms with Gasteiger partial charge in [0.1, 0.15) is 5.52 Å². The molecule has 9 heteroatoms. The second-order valence-electron chi connectivity index (χ2n) is 4.28. The first-order valence-corrected chi connectivity index (χ1v) is 5.80. The molecule has 0 atom stereocenters. The van der Waals surface area contributed by atoms with Gasteiger partial charge in [0.05, 0.1) is 11.1 Å². The third kappa shape index (κ3) is 2.81. The first-order chi connectivity index (χ1) is 9.71. The van der Waals surface area contributed by atoms with Crippen LogP contribution < -0.4 is 5.73 Å². The van der Waals surface area contributed by atoms with Crippen LogP contribution in [0.15, 0.2) is 18.2 Å². The van der Waals surface area contributed by atoms with E-state index < -0.39 is 23.9 Å². The fraction of sp³-hybridized carbons (Fsp3) is 0.250. The highest BCUT2D eigenvalue weighted by Gasteiger charge is 2.38. The van der Waals surface area contributed by atoms with E-state index in [1.54, 1.807) is 0 Å². The molecule has 0 radical (unpaired) electrons. The lowest BCUT2D eigenvalue weighted by Crippen LogP contribution is -2.19. The average molecular weight is 301 g/mol. The zero-order chi connectivity index (χ0) is 15.8. The zero-order valence-corrected chi connectivity index (χ0v) is 10.5. The van der Waals surface area contributed by atoms with Crippen LogP contribution in [0.2, 0.25) is 0 Å². The number of imidazole rings is 1. The maximum absolute atomic E-state index is 13.0. The molecule has 1 amide bonds. The van der Waals surface area contributed by atoms with Gasteiger partial charge in [-0.3, -0.25) is 4.79 Å². The minimum Gasteiger partial charge on any atom is -0.478 e. The van der Waals surface area contributed by atoms with Crippen molar-refractivity contribution in [3.8, 4) is 0 Å². The average Bonchev–Trinajstić information content (AvgIpc) is 2.74. The summed E-state index contributed by atoms with van der Waals surface area (Å²) in [5.74, 6) is -3.40. The first kappa shape index (κ1) is 14.8. The zero-order valence-electron chi connectivity index (χ0n) is 10.5. The van der Waals surface area contributed by atoms with Crippen molar-refractivity contribution in [1.82, 2.24) is 9.55 Å². The fourth-order valence-electron chi connectivity index (χ4n) is 1.98. The number of carboxylic acid groups (broad SMARTS) is 1. The van der Waals surface area contributed by atoms with E-state index in [1.165, 1.54) is 12.1 Å². The standard InChI is InChI=1S/C12H10F3N3O3/c13-12(14,15)11-17-9-6(10(20)21)2-1-3-7(9)18(11)5-4-8(16)19/h1-3H,4-5H2,(H2,16,19)(H,20,21). The van der Waals surface area contributed by atoms with Crippen LogP contribution in [-0.4, -0.2) is 26.5 Å². The lowest BCUT2D eigenvalue weighted by atomic mass is 10.2. The minimum atomic E-state index is -4.77. The second-order valence-corrected chi connectivity index (χ2v) is 4.28. The van der Waals surface area contributed by atoms with Gasteiger partial charge in [-0.25, -0.2) is 9.78 Å². The summed E-state index contributed by atoms with van der Waals surface area (Å²) in [6, 6.07) is 3.79. The number of alkyl halides is 3. The molecule has 0 unspecified atom stereocenters. The van der Waals surface area contributed by atoms with E-state index in [-0.39, 0.29) is 29.6 Å². The highest BCUT2D eigenvalue weighted by molar-refractivity contribution is 6.01. The number of para-hydroxylation sites is 1. The van der Waals surface area contributed by atoms with E-state index in [0.717, 1.165) is 10.6 Å². The minimum absolute atomic E-state index is 0.0107. The number of carbonyl (C=O) groups excluding carboxylic acids is 1. The quantitative estimate of drug-likeness (QED) is 0.896. The van der Waals surface area contributed by atoms with E-state index in [1.807, 2.05) is 0 Å². The highest BCUT2D eigenvalue weighted by atomic mass is 19.4. The monoisotopic (exact) mass is 301 g/mol. The van der Waals surface area contributed by atoms with Crippen molar-refractivity contribution < 1.29 is 27.9 Å². The van der Waals surface area contributed by atoms with Gasteiger partial charge in [0.15, 0.2) is 0 Å². The molecule has 2 aromatic rings. The van der Waals surface area contributed by atoms with Gasteiger partial charge in [-0.05, 0) is 12.1 Å². The molecule has 21 heavy (non-hydrogen) atoms. The lowest BCUT2D eigenvalue weighted by molar-refractivity contribution is -0.147. The molecule has 112 valence electrons. The SMILES string of the molecule is NC(=O)CCn1c(C(F)(F)F)nc2c(C(=O)O)cccc21. The normalized spacial score (nSPS) is 11.8. The molecule has 1 aromatic carbocycles. The van der Waals surface area contributed by atoms with E-state index in [4.69, 9.17) is 10.8 Å². The predicted octanol–water partition coefficient (Wildman–Crippen LogP) is 1.63. The number of benzene rings is 1. The maximum atomic E-state index is 13.0. The van der Waals surface area contributed by atoms with Crippen molar-refractivity contribution in [2.75, 3.05) is 0 Å². The number of aryl methyl sites for hydroxylation is 1. The van der Waals surface area contributed by atoms with Crippen LogP contribution in [0.5, 0.6) is 0 Å². The summed E-state index contributed by atoms with van der Waals surface area (Å²) < 4.78 is 39.7. The smallest absolute Gasteiger partial charge is 0.449 e. The molecule has 1 heterocycles. The van der Waals surface area contributed by atoms with Gasteiger partial charge >= 0.3 is 12.1 Å². The van der Waals surface area contributed by atoms with Crippen LogP contribution in [0.25, 0.3) is 11.0 Å². The largest absolute Gasteiger partial charge is 0.478 e. The number of nitrogens with zero attached hydrogens (tertiary/aromatic N) is 2. The molecule has 0 saturated carbocycles. The topological polar surface area (TPSA) is 98.2 Å². The number of nitrogens with two attached hydrogens (primary N) is 1. The summed E-state index contributed by atoms with van der Waals surface area (Å²) in [6.45, 7) is -0.330. The number of amides is 1. The number of aromatic carboxylic acids is 1. The second kappa shape index (κ2) is 5.08. The van der Waals surface area contributed by atoms with Gasteiger partial charge in [-0.1, -0.05) is 6.07 Å². The number of carboxylic acids is 1. The molecule has 0 bridgehead atoms. The molecule has 0 aliphatic carbocycles. The van der Waals surface area contributed by atoms with E-state index in [2.05, 4.69) is 4.98 Å². The van der Waals surface area contributed by atoms with Gasteiger partial charge in [-0.15, -0.1) is 0 Å². The number of rotatable bonds is 4. The summed E-state index contributed by atoms with van der Waals surface area (Å²) in [5, 5.41) is 9.00. The molecule has 0 saturated heterocycles. The molecule has 0 aliphatic rings. The van der Waals surface area contributed by atoms with Crippen molar-refractivity contribution in [3.05, 3.63) is 29.6 Å². The van der Waals surface area contributed by atoms with E-state index in [9.17, 15) is 22.8 Å². The van der Waals surface area contributed by atoms with Gasteiger partial charge in [0.25, 0.3) is 0 Å². The number of fused-ring (bicyclic) bond motifs is 1. The molecule has 6 nitrogen and oxygen atoms in total. The molecule has 0 fully saturated rings. The molecule has 3 N–H and O–H groups in total. The molecule has 1 aromatic heterocycles. The molecular formula is C12H10F3N3O3. The number of primary amides is 1. The fourth-order valence-corrected chi connectivity index (χ4v) is 1.98. The van der Waals surface area contributed by atoms with E-state index in [0.29, 0.717) is 0 Å². The van der Waals surface area contributed by atoms with E-state index >= 15 is 0 Å². The van der Waals surface area contributed by atoms with Gasteiger partial charge < -0.3 is 15.4 Å². The predicted molar refractivity (Wildman–Crippen MR) is 65.5 cm³/mol. The van der Waals surface area contributed by atoms with Crippen molar-refractivity contribution in [2.45, 2.75) is 19.1 Å². The Bertz CT molecular complexity index is 722. The van der Waals surface area contributed by atoms with Gasteiger partial charge in [0, 0.05) is 13.0 Å². The Hall–Kier alpha value is -2.58. The third-order valence-corrected chi connectivity index (χ3v) is 2.84. The number of hydrogen-bond acceptors (Lipinski definition) is 3. The van der Waals surface area contributed by atoms with Crippen molar-refractivity contribution >= 4 is 22.9 Å². The number of halogens is 3. The van der Waals surface area contributed by atoms with Crippen LogP contribution in [0.3, 0.4) is 0 Å². The Morgan fingerprint density at radius 3 is 2.52 bits per heavy atom. The Labute approximate surface area is 116 Å². The number of aromatic nitrogens is 2.